The molecule has 1 N–H and O–H groups in total. The normalized spacial score (nSPS) is 17.5. The Kier molecular flexibility index (Phi) is 7.32. The summed E-state index contributed by atoms with van der Waals surface area (Å²) in [4.78, 5) is 50.3. The Morgan fingerprint density at radius 1 is 1.18 bits per heavy atom. The Hall–Kier alpha value is -3.19. The molecule has 0 spiro atoms. The van der Waals surface area contributed by atoms with Gasteiger partial charge in [0, 0.05) is 35.4 Å². The van der Waals surface area contributed by atoms with E-state index in [1.807, 2.05) is 31.2 Å². The number of hydrogen-bond donors (Lipinski definition) is 1. The van der Waals surface area contributed by atoms with Crippen molar-refractivity contribution in [3.63, 3.8) is 0 Å². The van der Waals surface area contributed by atoms with Gasteiger partial charge in [-0.2, -0.15) is 0 Å². The van der Waals surface area contributed by atoms with Gasteiger partial charge in [-0.15, -0.1) is 0 Å². The monoisotopic (exact) mass is 482 g/mol. The fourth-order valence-electron chi connectivity index (χ4n) is 4.43. The number of aryl methyl sites for hydroxylation is 1. The van der Waals surface area contributed by atoms with Gasteiger partial charge in [-0.25, -0.2) is 0 Å². The molecule has 34 heavy (non-hydrogen) atoms. The number of nitrogens with zero attached hydrogens (tertiary/aromatic N) is 1. The zero-order valence-electron chi connectivity index (χ0n) is 19.1. The molecule has 8 heteroatoms. The van der Waals surface area contributed by atoms with Crippen LogP contribution in [0.4, 0.5) is 0 Å². The standard InChI is InChI=1S/C26H27ClN2O5/c1-16-13-17(8-9-21(16)27)14-18(30)5-2-3-12-34-23-7-4-6-19-20(23)15-29(26(19)33)22-10-11-24(31)28-25(22)32/h4,6-9,13,22H,2-3,5,10-12,14-15H2,1H3,(H,28,31,32). The third-order valence-corrected chi connectivity index (χ3v) is 6.69. The Morgan fingerprint density at radius 3 is 2.76 bits per heavy atom. The molecular weight excluding hydrogens is 456 g/mol. The van der Waals surface area contributed by atoms with Crippen molar-refractivity contribution < 1.29 is 23.9 Å². The van der Waals surface area contributed by atoms with E-state index in [0.717, 1.165) is 16.7 Å². The highest BCUT2D eigenvalue weighted by atomic mass is 35.5. The maximum Gasteiger partial charge on any atom is 0.255 e. The first-order chi connectivity index (χ1) is 16.3. The summed E-state index contributed by atoms with van der Waals surface area (Å²) in [5, 5.41) is 3.01. The van der Waals surface area contributed by atoms with Crippen LogP contribution in [0.1, 0.15) is 59.2 Å². The van der Waals surface area contributed by atoms with Gasteiger partial charge in [0.2, 0.25) is 11.8 Å². The highest BCUT2D eigenvalue weighted by molar-refractivity contribution is 6.31. The summed E-state index contributed by atoms with van der Waals surface area (Å²) in [7, 11) is 0. The zero-order valence-corrected chi connectivity index (χ0v) is 19.8. The molecule has 2 aliphatic heterocycles. The van der Waals surface area contributed by atoms with E-state index in [2.05, 4.69) is 5.32 Å². The van der Waals surface area contributed by atoms with Crippen LogP contribution in [0.15, 0.2) is 36.4 Å². The number of piperidine rings is 1. The van der Waals surface area contributed by atoms with Gasteiger partial charge in [-0.3, -0.25) is 24.5 Å². The molecule has 1 saturated heterocycles. The lowest BCUT2D eigenvalue weighted by Gasteiger charge is -2.29. The molecule has 1 unspecified atom stereocenters. The SMILES string of the molecule is Cc1cc(CC(=O)CCCCOc2cccc3c2CN(C2CCC(=O)NC2=O)C3=O)ccc1Cl. The molecule has 1 fully saturated rings. The quantitative estimate of drug-likeness (QED) is 0.434. The van der Waals surface area contributed by atoms with Crippen molar-refractivity contribution in [1.29, 1.82) is 0 Å². The summed E-state index contributed by atoms with van der Waals surface area (Å²) in [6.07, 6.45) is 2.82. The molecule has 2 aromatic rings. The molecule has 0 bridgehead atoms. The number of hydrogen-bond acceptors (Lipinski definition) is 5. The van der Waals surface area contributed by atoms with Gasteiger partial charge in [-0.1, -0.05) is 29.8 Å². The van der Waals surface area contributed by atoms with Gasteiger partial charge in [0.05, 0.1) is 13.2 Å². The minimum atomic E-state index is -0.652. The first kappa shape index (κ1) is 24.0. The average Bonchev–Trinajstić information content (AvgIpc) is 3.13. The summed E-state index contributed by atoms with van der Waals surface area (Å²) in [5.74, 6) is -0.177. The maximum absolute atomic E-state index is 12.9. The van der Waals surface area contributed by atoms with Gasteiger partial charge >= 0.3 is 0 Å². The van der Waals surface area contributed by atoms with E-state index in [1.165, 1.54) is 4.90 Å². The molecular formula is C26H27ClN2O5. The fourth-order valence-corrected chi connectivity index (χ4v) is 4.55. The molecule has 3 amide bonds. The maximum atomic E-state index is 12.9. The second-order valence-corrected chi connectivity index (χ2v) is 9.19. The van der Waals surface area contributed by atoms with Crippen molar-refractivity contribution >= 4 is 35.1 Å². The van der Waals surface area contributed by atoms with E-state index in [1.54, 1.807) is 12.1 Å². The van der Waals surface area contributed by atoms with E-state index in [9.17, 15) is 19.2 Å². The lowest BCUT2D eigenvalue weighted by atomic mass is 10.0. The summed E-state index contributed by atoms with van der Waals surface area (Å²) in [6, 6.07) is 10.3. The number of carbonyl (C=O) groups is 4. The average molecular weight is 483 g/mol. The molecule has 2 aliphatic rings. The van der Waals surface area contributed by atoms with Crippen LogP contribution in [0.5, 0.6) is 5.75 Å². The molecule has 0 saturated carbocycles. The van der Waals surface area contributed by atoms with Crippen molar-refractivity contribution in [1.82, 2.24) is 10.2 Å². The third kappa shape index (κ3) is 5.30. The van der Waals surface area contributed by atoms with Crippen molar-refractivity contribution in [2.45, 2.75) is 58.0 Å². The first-order valence-electron chi connectivity index (χ1n) is 11.5. The molecule has 0 aliphatic carbocycles. The van der Waals surface area contributed by atoms with Crippen LogP contribution < -0.4 is 10.1 Å². The van der Waals surface area contributed by atoms with Crippen LogP contribution in [0.3, 0.4) is 0 Å². The van der Waals surface area contributed by atoms with Crippen LogP contribution >= 0.6 is 11.6 Å². The molecule has 2 aromatic carbocycles. The van der Waals surface area contributed by atoms with E-state index < -0.39 is 11.9 Å². The van der Waals surface area contributed by atoms with Gasteiger partial charge in [0.1, 0.15) is 17.6 Å². The molecule has 1 atom stereocenters. The number of rotatable bonds is 9. The smallest absolute Gasteiger partial charge is 0.255 e. The molecule has 2 heterocycles. The number of imide groups is 1. The predicted octanol–water partition coefficient (Wildman–Crippen LogP) is 3.77. The highest BCUT2D eigenvalue weighted by Gasteiger charge is 2.40. The van der Waals surface area contributed by atoms with Crippen LogP contribution in [-0.4, -0.2) is 41.1 Å². The Labute approximate surface area is 203 Å². The molecule has 178 valence electrons. The summed E-state index contributed by atoms with van der Waals surface area (Å²) < 4.78 is 5.95. The number of ether oxygens (including phenoxy) is 1. The second-order valence-electron chi connectivity index (χ2n) is 8.79. The second kappa shape index (κ2) is 10.4. The minimum Gasteiger partial charge on any atom is -0.493 e. The van der Waals surface area contributed by atoms with Gasteiger partial charge in [-0.05, 0) is 55.5 Å². The van der Waals surface area contributed by atoms with Crippen LogP contribution in [0, 0.1) is 6.92 Å². The predicted molar refractivity (Wildman–Crippen MR) is 127 cm³/mol. The lowest BCUT2D eigenvalue weighted by molar-refractivity contribution is -0.137. The third-order valence-electron chi connectivity index (χ3n) is 6.27. The van der Waals surface area contributed by atoms with Crippen molar-refractivity contribution in [2.24, 2.45) is 0 Å². The summed E-state index contributed by atoms with van der Waals surface area (Å²) in [5.41, 5.74) is 3.21. The van der Waals surface area contributed by atoms with Crippen molar-refractivity contribution in [2.75, 3.05) is 6.61 Å². The number of ketones is 1. The largest absolute Gasteiger partial charge is 0.493 e. The topological polar surface area (TPSA) is 92.8 Å². The van der Waals surface area contributed by atoms with E-state index >= 15 is 0 Å². The number of halogens is 1. The Morgan fingerprint density at radius 2 is 2.00 bits per heavy atom. The molecule has 0 aromatic heterocycles. The van der Waals surface area contributed by atoms with Crippen LogP contribution in [0.2, 0.25) is 5.02 Å². The van der Waals surface area contributed by atoms with Gasteiger partial charge in [0.15, 0.2) is 0 Å². The number of carbonyl (C=O) groups excluding carboxylic acids is 4. The van der Waals surface area contributed by atoms with Crippen LogP contribution in [-0.2, 0) is 27.3 Å². The summed E-state index contributed by atoms with van der Waals surface area (Å²) >= 11 is 6.04. The lowest BCUT2D eigenvalue weighted by Crippen LogP contribution is -2.52. The fraction of sp³-hybridized carbons (Fsp3) is 0.385. The first-order valence-corrected chi connectivity index (χ1v) is 11.9. The number of unbranched alkanes of at least 4 members (excludes halogenated alkanes) is 1. The minimum absolute atomic E-state index is 0.174. The highest BCUT2D eigenvalue weighted by Crippen LogP contribution is 2.33. The van der Waals surface area contributed by atoms with Crippen molar-refractivity contribution in [3.8, 4) is 5.75 Å². The number of Topliss-reactive ketones (excluding diaryl/α,β-unsaturated/α-hetero) is 1. The summed E-state index contributed by atoms with van der Waals surface area (Å²) in [6.45, 7) is 2.62. The Bertz CT molecular complexity index is 1150. The van der Waals surface area contributed by atoms with Crippen LogP contribution in [0.25, 0.3) is 0 Å². The molecule has 7 nitrogen and oxygen atoms in total. The van der Waals surface area contributed by atoms with E-state index in [4.69, 9.17) is 16.3 Å². The van der Waals surface area contributed by atoms with Crippen molar-refractivity contribution in [3.05, 3.63) is 63.7 Å². The zero-order chi connectivity index (χ0) is 24.2. The number of nitrogens with one attached hydrogen (secondary N) is 1. The Balaban J connectivity index is 1.26. The number of fused-ring (bicyclic) bond motifs is 1. The van der Waals surface area contributed by atoms with Gasteiger partial charge < -0.3 is 9.64 Å². The molecule has 0 radical (unpaired) electrons. The van der Waals surface area contributed by atoms with Gasteiger partial charge in [0.25, 0.3) is 5.91 Å². The number of amides is 3. The van der Waals surface area contributed by atoms with E-state index in [-0.39, 0.29) is 30.6 Å². The number of benzene rings is 2. The van der Waals surface area contributed by atoms with E-state index in [0.29, 0.717) is 55.0 Å². The molecule has 4 rings (SSSR count).